The Kier molecular flexibility index (Phi) is 5.92. The number of benzene rings is 2. The van der Waals surface area contributed by atoms with E-state index >= 15 is 0 Å². The molecule has 0 aliphatic rings. The average Bonchev–Trinajstić information content (AvgIpc) is 3.05. The van der Waals surface area contributed by atoms with Gasteiger partial charge in [-0.3, -0.25) is 9.78 Å². The van der Waals surface area contributed by atoms with Gasteiger partial charge in [-0.1, -0.05) is 23.7 Å². The van der Waals surface area contributed by atoms with Crippen LogP contribution in [0, 0.1) is 6.92 Å². The number of carbonyl (C=O) groups is 2. The van der Waals surface area contributed by atoms with Crippen LogP contribution in [0.25, 0.3) is 11.2 Å². The van der Waals surface area contributed by atoms with Crippen molar-refractivity contribution in [3.05, 3.63) is 88.3 Å². The second kappa shape index (κ2) is 8.80. The molecule has 2 aromatic carbocycles. The highest BCUT2D eigenvalue weighted by molar-refractivity contribution is 6.30. The minimum absolute atomic E-state index is 0.157. The topological polar surface area (TPSA) is 94.3 Å². The fourth-order valence-electron chi connectivity index (χ4n) is 3.53. The highest BCUT2D eigenvalue weighted by Gasteiger charge is 2.23. The van der Waals surface area contributed by atoms with Crippen molar-refractivity contribution in [1.29, 1.82) is 0 Å². The molecule has 8 heteroatoms. The van der Waals surface area contributed by atoms with Crippen LogP contribution in [0.2, 0.25) is 5.02 Å². The monoisotopic (exact) mass is 449 g/mol. The van der Waals surface area contributed by atoms with Gasteiger partial charge < -0.3 is 14.4 Å². The van der Waals surface area contributed by atoms with Crippen LogP contribution in [0.4, 0.5) is 0 Å². The van der Waals surface area contributed by atoms with Crippen LogP contribution >= 0.6 is 11.6 Å². The number of aliphatic carboxylic acids is 1. The van der Waals surface area contributed by atoms with Gasteiger partial charge in [0.2, 0.25) is 0 Å². The van der Waals surface area contributed by atoms with Crippen molar-refractivity contribution >= 4 is 34.5 Å². The number of carboxylic acid groups (broad SMARTS) is 1. The molecule has 0 spiro atoms. The second-order valence-corrected chi connectivity index (χ2v) is 7.79. The predicted molar refractivity (Wildman–Crippen MR) is 120 cm³/mol. The summed E-state index contributed by atoms with van der Waals surface area (Å²) in [5.74, 6) is -0.742. The van der Waals surface area contributed by atoms with Crippen LogP contribution in [-0.2, 0) is 11.3 Å². The van der Waals surface area contributed by atoms with Crippen molar-refractivity contribution < 1.29 is 19.4 Å². The maximum atomic E-state index is 13.3. The first-order valence-electron chi connectivity index (χ1n) is 9.93. The molecule has 0 aliphatic carbocycles. The first kappa shape index (κ1) is 21.5. The number of fused-ring (bicyclic) bond motifs is 1. The fourth-order valence-corrected chi connectivity index (χ4v) is 3.66. The lowest BCUT2D eigenvalue weighted by atomic mass is 10.0. The van der Waals surface area contributed by atoms with E-state index in [1.165, 1.54) is 6.92 Å². The van der Waals surface area contributed by atoms with E-state index in [0.29, 0.717) is 39.6 Å². The molecule has 0 unspecified atom stereocenters. The van der Waals surface area contributed by atoms with Crippen LogP contribution in [0.5, 0.6) is 5.75 Å². The number of ether oxygens (including phenoxy) is 1. The predicted octanol–water partition coefficient (Wildman–Crippen LogP) is 4.52. The molecule has 0 saturated heterocycles. The third-order valence-corrected chi connectivity index (χ3v) is 5.42. The standard InChI is InChI=1S/C24H20ClN3O4/c1-14-20(22(29)17-6-8-18(25)9-7-17)21-23(27-11-10-26-21)28(14)13-16-4-3-5-19(12-16)32-15(2)24(30)31/h3-12,15H,13H2,1-2H3,(H,30,31)/t15-/m0/s1. The van der Waals surface area contributed by atoms with Gasteiger partial charge in [-0.05, 0) is 55.8 Å². The Balaban J connectivity index is 1.73. The Bertz CT molecular complexity index is 1310. The molecule has 162 valence electrons. The average molecular weight is 450 g/mol. The van der Waals surface area contributed by atoms with Gasteiger partial charge in [0.05, 0.1) is 5.56 Å². The zero-order valence-corrected chi connectivity index (χ0v) is 18.2. The van der Waals surface area contributed by atoms with Gasteiger partial charge in [-0.2, -0.15) is 0 Å². The summed E-state index contributed by atoms with van der Waals surface area (Å²) in [7, 11) is 0. The number of carbonyl (C=O) groups excluding carboxylic acids is 1. The summed E-state index contributed by atoms with van der Waals surface area (Å²) in [6.07, 6.45) is 2.18. The number of halogens is 1. The second-order valence-electron chi connectivity index (χ2n) is 7.36. The van der Waals surface area contributed by atoms with Crippen molar-refractivity contribution in [3.63, 3.8) is 0 Å². The SMILES string of the molecule is Cc1c(C(=O)c2ccc(Cl)cc2)c2nccnc2n1Cc1cccc(O[C@@H](C)C(=O)O)c1. The number of aromatic nitrogens is 3. The fraction of sp³-hybridized carbons (Fsp3) is 0.167. The van der Waals surface area contributed by atoms with Crippen molar-refractivity contribution in [3.8, 4) is 5.75 Å². The highest BCUT2D eigenvalue weighted by atomic mass is 35.5. The molecule has 7 nitrogen and oxygen atoms in total. The molecule has 0 amide bonds. The minimum atomic E-state index is -1.04. The van der Waals surface area contributed by atoms with Crippen LogP contribution in [0.3, 0.4) is 0 Å². The zero-order chi connectivity index (χ0) is 22.8. The van der Waals surface area contributed by atoms with Crippen molar-refractivity contribution in [2.24, 2.45) is 0 Å². The number of ketones is 1. The van der Waals surface area contributed by atoms with Crippen LogP contribution < -0.4 is 4.74 Å². The van der Waals surface area contributed by atoms with Gasteiger partial charge in [0.1, 0.15) is 11.3 Å². The molecule has 0 fully saturated rings. The van der Waals surface area contributed by atoms with E-state index in [1.54, 1.807) is 54.9 Å². The number of nitrogens with zero attached hydrogens (tertiary/aromatic N) is 3. The Hall–Kier alpha value is -3.71. The van der Waals surface area contributed by atoms with Gasteiger partial charge in [0, 0.05) is 35.2 Å². The molecule has 4 rings (SSSR count). The molecule has 1 atom stereocenters. The van der Waals surface area contributed by atoms with Gasteiger partial charge in [-0.25, -0.2) is 9.78 Å². The van der Waals surface area contributed by atoms with E-state index in [-0.39, 0.29) is 5.78 Å². The Morgan fingerprint density at radius 1 is 1.12 bits per heavy atom. The maximum absolute atomic E-state index is 13.3. The normalized spacial score (nSPS) is 12.0. The molecule has 32 heavy (non-hydrogen) atoms. The summed E-state index contributed by atoms with van der Waals surface area (Å²) >= 11 is 5.96. The lowest BCUT2D eigenvalue weighted by Gasteiger charge is -2.13. The Morgan fingerprint density at radius 3 is 2.56 bits per heavy atom. The molecule has 2 aromatic heterocycles. The lowest BCUT2D eigenvalue weighted by molar-refractivity contribution is -0.144. The first-order valence-corrected chi connectivity index (χ1v) is 10.3. The van der Waals surface area contributed by atoms with Gasteiger partial charge in [-0.15, -0.1) is 0 Å². The van der Waals surface area contributed by atoms with Crippen molar-refractivity contribution in [2.75, 3.05) is 0 Å². The minimum Gasteiger partial charge on any atom is -0.479 e. The molecule has 0 bridgehead atoms. The number of hydrogen-bond acceptors (Lipinski definition) is 5. The van der Waals surface area contributed by atoms with Crippen molar-refractivity contribution in [1.82, 2.24) is 14.5 Å². The van der Waals surface area contributed by atoms with E-state index in [1.807, 2.05) is 17.6 Å². The molecule has 0 radical (unpaired) electrons. The van der Waals surface area contributed by atoms with Gasteiger partial charge >= 0.3 is 5.97 Å². The molecule has 0 aliphatic heterocycles. The number of carboxylic acids is 1. The molecule has 2 heterocycles. The third-order valence-electron chi connectivity index (χ3n) is 5.17. The summed E-state index contributed by atoms with van der Waals surface area (Å²) in [4.78, 5) is 33.3. The lowest BCUT2D eigenvalue weighted by Crippen LogP contribution is -2.22. The smallest absolute Gasteiger partial charge is 0.344 e. The summed E-state index contributed by atoms with van der Waals surface area (Å²) in [5.41, 5.74) is 3.72. The summed E-state index contributed by atoms with van der Waals surface area (Å²) in [6.45, 7) is 3.75. The van der Waals surface area contributed by atoms with Crippen LogP contribution in [0.1, 0.15) is 34.1 Å². The number of hydrogen-bond donors (Lipinski definition) is 1. The van der Waals surface area contributed by atoms with Crippen molar-refractivity contribution in [2.45, 2.75) is 26.5 Å². The Morgan fingerprint density at radius 2 is 1.84 bits per heavy atom. The van der Waals surface area contributed by atoms with Crippen LogP contribution in [0.15, 0.2) is 60.9 Å². The van der Waals surface area contributed by atoms with E-state index < -0.39 is 12.1 Å². The quantitative estimate of drug-likeness (QED) is 0.417. The highest BCUT2D eigenvalue weighted by Crippen LogP contribution is 2.27. The summed E-state index contributed by atoms with van der Waals surface area (Å²) in [5, 5.41) is 9.64. The van der Waals surface area contributed by atoms with Gasteiger partial charge in [0.15, 0.2) is 17.5 Å². The molecule has 1 N–H and O–H groups in total. The largest absolute Gasteiger partial charge is 0.479 e. The molecule has 4 aromatic rings. The van der Waals surface area contributed by atoms with Crippen LogP contribution in [-0.4, -0.2) is 37.5 Å². The summed E-state index contributed by atoms with van der Waals surface area (Å²) < 4.78 is 7.40. The third kappa shape index (κ3) is 4.20. The first-order chi connectivity index (χ1) is 15.3. The zero-order valence-electron chi connectivity index (χ0n) is 17.4. The van der Waals surface area contributed by atoms with E-state index in [4.69, 9.17) is 21.4 Å². The van der Waals surface area contributed by atoms with E-state index in [9.17, 15) is 9.59 Å². The van der Waals surface area contributed by atoms with E-state index in [2.05, 4.69) is 9.97 Å². The molecular formula is C24H20ClN3O4. The number of rotatable bonds is 7. The maximum Gasteiger partial charge on any atom is 0.344 e. The van der Waals surface area contributed by atoms with Gasteiger partial charge in [0.25, 0.3) is 0 Å². The molecular weight excluding hydrogens is 430 g/mol. The molecule has 0 saturated carbocycles. The van der Waals surface area contributed by atoms with E-state index in [0.717, 1.165) is 11.3 Å². The summed E-state index contributed by atoms with van der Waals surface area (Å²) in [6, 6.07) is 13.9. The Labute approximate surface area is 189 Å².